The zero-order chi connectivity index (χ0) is 15.6. The zero-order valence-electron chi connectivity index (χ0n) is 10.8. The van der Waals surface area contributed by atoms with E-state index in [9.17, 15) is 12.8 Å². The molecule has 0 radical (unpaired) electrons. The van der Waals surface area contributed by atoms with Gasteiger partial charge in [-0.1, -0.05) is 11.2 Å². The van der Waals surface area contributed by atoms with Crippen LogP contribution in [0.4, 0.5) is 10.1 Å². The molecule has 0 saturated heterocycles. The van der Waals surface area contributed by atoms with Gasteiger partial charge in [0.05, 0.1) is 17.4 Å². The molecule has 10 heteroatoms. The Balaban J connectivity index is 2.47. The molecule has 0 aliphatic carbocycles. The molecule has 0 unspecified atom stereocenters. The first-order valence-electron chi connectivity index (χ1n) is 5.66. The lowest BCUT2D eigenvalue weighted by atomic mass is 10.1. The molecule has 1 aromatic carbocycles. The first-order valence-corrected chi connectivity index (χ1v) is 7.14. The number of nitrogens with one attached hydrogen (secondary N) is 2. The Labute approximate surface area is 119 Å². The third-order valence-corrected chi connectivity index (χ3v) is 3.87. The molecule has 1 aromatic heterocycles. The number of sulfonamides is 1. The number of imidazole rings is 1. The van der Waals surface area contributed by atoms with E-state index in [1.807, 2.05) is 0 Å². The zero-order valence-corrected chi connectivity index (χ0v) is 11.6. The first kappa shape index (κ1) is 14.8. The number of rotatable bonds is 4. The Morgan fingerprint density at radius 2 is 2.24 bits per heavy atom. The van der Waals surface area contributed by atoms with Gasteiger partial charge in [-0.15, -0.1) is 0 Å². The van der Waals surface area contributed by atoms with Crippen molar-refractivity contribution in [2.45, 2.75) is 11.9 Å². The molecular weight excluding hydrogens is 301 g/mol. The van der Waals surface area contributed by atoms with Crippen LogP contribution >= 0.6 is 0 Å². The van der Waals surface area contributed by atoms with Crippen molar-refractivity contribution in [3.63, 3.8) is 0 Å². The Morgan fingerprint density at radius 1 is 1.52 bits per heavy atom. The highest BCUT2D eigenvalue weighted by molar-refractivity contribution is 7.92. The van der Waals surface area contributed by atoms with Crippen molar-refractivity contribution in [3.8, 4) is 0 Å². The van der Waals surface area contributed by atoms with Crippen LogP contribution in [0, 0.1) is 12.7 Å². The Hall–Kier alpha value is -2.62. The molecule has 21 heavy (non-hydrogen) atoms. The van der Waals surface area contributed by atoms with Gasteiger partial charge in [-0.05, 0) is 19.1 Å². The fourth-order valence-corrected chi connectivity index (χ4v) is 2.70. The van der Waals surface area contributed by atoms with Gasteiger partial charge in [0.1, 0.15) is 11.6 Å². The van der Waals surface area contributed by atoms with Crippen LogP contribution in [-0.4, -0.2) is 29.4 Å². The minimum Gasteiger partial charge on any atom is -0.409 e. The number of anilines is 1. The van der Waals surface area contributed by atoms with Crippen molar-refractivity contribution in [1.29, 1.82) is 0 Å². The lowest BCUT2D eigenvalue weighted by Gasteiger charge is -2.11. The maximum Gasteiger partial charge on any atom is 0.279 e. The van der Waals surface area contributed by atoms with Crippen molar-refractivity contribution in [1.82, 2.24) is 9.97 Å². The number of nitrogens with zero attached hydrogens (tertiary/aromatic N) is 2. The van der Waals surface area contributed by atoms with E-state index >= 15 is 0 Å². The number of hydrogen-bond acceptors (Lipinski definition) is 5. The van der Waals surface area contributed by atoms with E-state index in [0.717, 1.165) is 12.3 Å². The summed E-state index contributed by atoms with van der Waals surface area (Å²) in [5, 5.41) is 11.2. The highest BCUT2D eigenvalue weighted by atomic mass is 32.2. The molecule has 1 heterocycles. The van der Waals surface area contributed by atoms with Crippen LogP contribution in [0.1, 0.15) is 11.4 Å². The number of benzene rings is 1. The number of oxime groups is 1. The second kappa shape index (κ2) is 5.40. The normalized spacial score (nSPS) is 12.4. The summed E-state index contributed by atoms with van der Waals surface area (Å²) in [4.78, 5) is 6.33. The van der Waals surface area contributed by atoms with Crippen molar-refractivity contribution >= 4 is 21.5 Å². The fourth-order valence-electron chi connectivity index (χ4n) is 1.65. The minimum absolute atomic E-state index is 0.155. The predicted molar refractivity (Wildman–Crippen MR) is 73.0 cm³/mol. The Morgan fingerprint density at radius 3 is 2.81 bits per heavy atom. The van der Waals surface area contributed by atoms with Crippen molar-refractivity contribution in [2.75, 3.05) is 4.72 Å². The molecule has 2 rings (SSSR count). The number of aryl methyl sites for hydroxylation is 1. The average molecular weight is 313 g/mol. The van der Waals surface area contributed by atoms with Gasteiger partial charge in [0.15, 0.2) is 10.9 Å². The largest absolute Gasteiger partial charge is 0.409 e. The molecule has 2 aromatic rings. The summed E-state index contributed by atoms with van der Waals surface area (Å²) in [5.41, 5.74) is 4.86. The summed E-state index contributed by atoms with van der Waals surface area (Å²) in [7, 11) is -4.00. The van der Waals surface area contributed by atoms with Gasteiger partial charge in [-0.3, -0.25) is 4.72 Å². The molecule has 0 aliphatic heterocycles. The van der Waals surface area contributed by atoms with Gasteiger partial charge < -0.3 is 15.9 Å². The van der Waals surface area contributed by atoms with Crippen LogP contribution in [0.5, 0.6) is 0 Å². The molecule has 8 nitrogen and oxygen atoms in total. The van der Waals surface area contributed by atoms with Crippen LogP contribution in [0.3, 0.4) is 0 Å². The third kappa shape index (κ3) is 2.94. The second-order valence-corrected chi connectivity index (χ2v) is 5.74. The van der Waals surface area contributed by atoms with E-state index in [-0.39, 0.29) is 16.3 Å². The number of nitrogens with two attached hydrogens (primary N) is 1. The SMILES string of the molecule is Cc1ncc(S(=O)(=O)Nc2cccc(F)c2C(N)=NO)[nH]1. The summed E-state index contributed by atoms with van der Waals surface area (Å²) < 4.78 is 40.2. The van der Waals surface area contributed by atoms with Crippen LogP contribution in [0.25, 0.3) is 0 Å². The number of amidine groups is 1. The van der Waals surface area contributed by atoms with Crippen LogP contribution in [0.15, 0.2) is 34.6 Å². The number of halogens is 1. The average Bonchev–Trinajstić information content (AvgIpc) is 2.85. The highest BCUT2D eigenvalue weighted by Gasteiger charge is 2.21. The van der Waals surface area contributed by atoms with E-state index in [2.05, 4.69) is 19.8 Å². The van der Waals surface area contributed by atoms with Crippen molar-refractivity contribution in [2.24, 2.45) is 10.9 Å². The lowest BCUT2D eigenvalue weighted by Crippen LogP contribution is -2.21. The standard InChI is InChI=1S/C11H12FN5O3S/c1-6-14-5-9(15-6)21(19,20)17-8-4-2-3-7(12)10(8)11(13)16-18/h2-5,17-18H,1H3,(H2,13,16)(H,14,15). The molecule has 0 bridgehead atoms. The van der Waals surface area contributed by atoms with E-state index in [1.54, 1.807) is 6.92 Å². The quantitative estimate of drug-likeness (QED) is 0.286. The third-order valence-electron chi connectivity index (χ3n) is 2.59. The molecule has 0 saturated carbocycles. The molecule has 0 amide bonds. The van der Waals surface area contributed by atoms with E-state index in [0.29, 0.717) is 5.82 Å². The summed E-state index contributed by atoms with van der Waals surface area (Å²) in [6, 6.07) is 3.64. The highest BCUT2D eigenvalue weighted by Crippen LogP contribution is 2.22. The number of aromatic amines is 1. The maximum atomic E-state index is 13.7. The topological polar surface area (TPSA) is 133 Å². The second-order valence-electron chi connectivity index (χ2n) is 4.09. The molecule has 0 spiro atoms. The van der Waals surface area contributed by atoms with Crippen molar-refractivity contribution < 1.29 is 18.0 Å². The smallest absolute Gasteiger partial charge is 0.279 e. The summed E-state index contributed by atoms with van der Waals surface area (Å²) in [6.45, 7) is 1.59. The summed E-state index contributed by atoms with van der Waals surface area (Å²) in [5.74, 6) is -0.968. The summed E-state index contributed by atoms with van der Waals surface area (Å²) in [6.07, 6.45) is 1.13. The molecule has 0 fully saturated rings. The number of aromatic nitrogens is 2. The van der Waals surface area contributed by atoms with Crippen molar-refractivity contribution in [3.05, 3.63) is 41.6 Å². The number of H-pyrrole nitrogens is 1. The van der Waals surface area contributed by atoms with E-state index in [4.69, 9.17) is 10.9 Å². The first-order chi connectivity index (χ1) is 9.85. The van der Waals surface area contributed by atoms with Gasteiger partial charge in [0, 0.05) is 0 Å². The van der Waals surface area contributed by atoms with Crippen LogP contribution in [0.2, 0.25) is 0 Å². The molecule has 5 N–H and O–H groups in total. The van der Waals surface area contributed by atoms with Gasteiger partial charge in [0.25, 0.3) is 10.0 Å². The maximum absolute atomic E-state index is 13.7. The number of hydrogen-bond donors (Lipinski definition) is 4. The predicted octanol–water partition coefficient (Wildman–Crippen LogP) is 0.753. The minimum atomic E-state index is -4.00. The lowest BCUT2D eigenvalue weighted by molar-refractivity contribution is 0.318. The van der Waals surface area contributed by atoms with Crippen LogP contribution < -0.4 is 10.5 Å². The fraction of sp³-hybridized carbons (Fsp3) is 0.0909. The molecular formula is C11H12FN5O3S. The van der Waals surface area contributed by atoms with E-state index < -0.39 is 21.7 Å². The van der Waals surface area contributed by atoms with E-state index in [1.165, 1.54) is 12.1 Å². The summed E-state index contributed by atoms with van der Waals surface area (Å²) >= 11 is 0. The van der Waals surface area contributed by atoms with Gasteiger partial charge in [-0.2, -0.15) is 8.42 Å². The molecule has 0 aliphatic rings. The molecule has 112 valence electrons. The van der Waals surface area contributed by atoms with Gasteiger partial charge >= 0.3 is 0 Å². The van der Waals surface area contributed by atoms with Gasteiger partial charge in [0.2, 0.25) is 0 Å². The van der Waals surface area contributed by atoms with Crippen LogP contribution in [-0.2, 0) is 10.0 Å². The Kier molecular flexibility index (Phi) is 3.80. The Bertz CT molecular complexity index is 800. The van der Waals surface area contributed by atoms with Gasteiger partial charge in [-0.25, -0.2) is 9.37 Å². The monoisotopic (exact) mass is 313 g/mol. The molecule has 0 atom stereocenters.